The number of aliphatic hydroxyl groups excluding tert-OH is 1. The van der Waals surface area contributed by atoms with Crippen LogP contribution in [0.1, 0.15) is 32.6 Å². The molecule has 7 atom stereocenters. The van der Waals surface area contributed by atoms with Gasteiger partial charge in [0.1, 0.15) is 11.5 Å². The van der Waals surface area contributed by atoms with E-state index in [0.717, 1.165) is 25.9 Å². The largest absolute Gasteiger partial charge is 0.393 e. The maximum Gasteiger partial charge on any atom is 0.137 e. The van der Waals surface area contributed by atoms with E-state index < -0.39 is 17.2 Å². The first-order chi connectivity index (χ1) is 9.50. The number of Topliss-reactive ketones (excluding diaryl/α,β-unsaturated/α-hetero) is 1. The number of carbonyl (C=O) groups excluding carboxylic acids is 1. The minimum absolute atomic E-state index is 0.0387. The summed E-state index contributed by atoms with van der Waals surface area (Å²) < 4.78 is 0. The van der Waals surface area contributed by atoms with E-state index in [1.165, 1.54) is 0 Å². The second-order valence-corrected chi connectivity index (χ2v) is 7.24. The quantitative estimate of drug-likeness (QED) is 0.647. The average molecular weight is 277 g/mol. The Morgan fingerprint density at radius 1 is 1.45 bits per heavy atom. The highest BCUT2D eigenvalue weighted by molar-refractivity contribution is 5.86. The lowest BCUT2D eigenvalue weighted by Gasteiger charge is -2.60. The number of ketones is 1. The molecule has 2 aliphatic heterocycles. The van der Waals surface area contributed by atoms with Crippen molar-refractivity contribution in [2.24, 2.45) is 23.2 Å². The molecule has 0 aromatic carbocycles. The summed E-state index contributed by atoms with van der Waals surface area (Å²) in [4.78, 5) is 14.7. The molecule has 2 saturated carbocycles. The summed E-state index contributed by atoms with van der Waals surface area (Å²) in [6.45, 7) is 3.61. The van der Waals surface area contributed by atoms with Crippen LogP contribution in [-0.4, -0.2) is 45.8 Å². The summed E-state index contributed by atoms with van der Waals surface area (Å²) in [6, 6.07) is 0. The molecule has 1 saturated heterocycles. The predicted octanol–water partition coefficient (Wildman–Crippen LogP) is 0.933. The van der Waals surface area contributed by atoms with Crippen LogP contribution in [-0.2, 0) is 4.79 Å². The van der Waals surface area contributed by atoms with Crippen molar-refractivity contribution in [3.63, 3.8) is 0 Å². The lowest BCUT2D eigenvalue weighted by atomic mass is 9.54. The van der Waals surface area contributed by atoms with E-state index >= 15 is 0 Å². The summed E-state index contributed by atoms with van der Waals surface area (Å²) in [6.07, 6.45) is 6.51. The fourth-order valence-electron chi connectivity index (χ4n) is 5.64. The molecule has 0 radical (unpaired) electrons. The molecule has 4 aliphatic rings. The van der Waals surface area contributed by atoms with Crippen molar-refractivity contribution in [3.05, 3.63) is 12.2 Å². The van der Waals surface area contributed by atoms with E-state index in [2.05, 4.69) is 17.1 Å². The summed E-state index contributed by atoms with van der Waals surface area (Å²) in [5, 5.41) is 22.2. The molecule has 0 amide bonds. The Bertz CT molecular complexity index is 490. The van der Waals surface area contributed by atoms with Crippen molar-refractivity contribution in [2.75, 3.05) is 13.1 Å². The molecular weight excluding hydrogens is 254 g/mol. The standard InChI is InChI=1S/C16H23NO3/c1-10-9-16(20)15-5-3-7-17(16)6-2-4-11(15)13(18)8-12(15)14(10)19/h3,5,10-12,14,19-20H,2,4,6-9H2,1H3/t10-,11-,12-,14-,15-,16+/m1/s1. The van der Waals surface area contributed by atoms with Crippen LogP contribution in [0, 0.1) is 23.2 Å². The van der Waals surface area contributed by atoms with Crippen LogP contribution in [0.15, 0.2) is 12.2 Å². The van der Waals surface area contributed by atoms with Gasteiger partial charge in [0.15, 0.2) is 0 Å². The monoisotopic (exact) mass is 277 g/mol. The van der Waals surface area contributed by atoms with Gasteiger partial charge in [-0.05, 0) is 25.2 Å². The van der Waals surface area contributed by atoms with Crippen molar-refractivity contribution in [1.82, 2.24) is 4.90 Å². The lowest BCUT2D eigenvalue weighted by Crippen LogP contribution is -2.69. The SMILES string of the molecule is C[C@@H]1C[C@@]2(O)N3CC=C[C@]24[C@H](CCC3)C(=O)C[C@@H]4[C@@H]1O. The van der Waals surface area contributed by atoms with Crippen molar-refractivity contribution < 1.29 is 15.0 Å². The Labute approximate surface area is 119 Å². The third-order valence-electron chi connectivity index (χ3n) is 6.46. The zero-order chi connectivity index (χ0) is 14.1. The average Bonchev–Trinajstić information content (AvgIpc) is 2.67. The molecular formula is C16H23NO3. The molecule has 1 spiro atoms. The smallest absolute Gasteiger partial charge is 0.137 e. The number of carbonyl (C=O) groups is 1. The molecule has 0 aromatic heterocycles. The van der Waals surface area contributed by atoms with Crippen molar-refractivity contribution in [2.45, 2.75) is 44.4 Å². The zero-order valence-corrected chi connectivity index (χ0v) is 12.0. The molecule has 0 aromatic rings. The van der Waals surface area contributed by atoms with Crippen LogP contribution in [0.25, 0.3) is 0 Å². The molecule has 1 unspecified atom stereocenters. The number of nitrogens with zero attached hydrogens (tertiary/aromatic N) is 1. The molecule has 3 fully saturated rings. The highest BCUT2D eigenvalue weighted by Gasteiger charge is 2.71. The highest BCUT2D eigenvalue weighted by atomic mass is 16.3. The molecule has 4 heteroatoms. The predicted molar refractivity (Wildman–Crippen MR) is 73.7 cm³/mol. The van der Waals surface area contributed by atoms with Crippen molar-refractivity contribution in [3.8, 4) is 0 Å². The zero-order valence-electron chi connectivity index (χ0n) is 12.0. The normalized spacial score (nSPS) is 57.4. The van der Waals surface area contributed by atoms with E-state index in [1.807, 2.05) is 6.92 Å². The fourth-order valence-corrected chi connectivity index (χ4v) is 5.64. The second kappa shape index (κ2) is 3.93. The molecule has 20 heavy (non-hydrogen) atoms. The summed E-state index contributed by atoms with van der Waals surface area (Å²) in [5.41, 5.74) is -1.50. The summed E-state index contributed by atoms with van der Waals surface area (Å²) in [5.74, 6) is 0.0545. The molecule has 2 N–H and O–H groups in total. The molecule has 2 bridgehead atoms. The van der Waals surface area contributed by atoms with Gasteiger partial charge in [-0.2, -0.15) is 0 Å². The summed E-state index contributed by atoms with van der Waals surface area (Å²) >= 11 is 0. The number of aliphatic hydroxyl groups is 2. The molecule has 2 aliphatic carbocycles. The highest BCUT2D eigenvalue weighted by Crippen LogP contribution is 2.64. The molecule has 4 rings (SSSR count). The third kappa shape index (κ3) is 1.26. The van der Waals surface area contributed by atoms with Gasteiger partial charge >= 0.3 is 0 Å². The van der Waals surface area contributed by atoms with Gasteiger partial charge < -0.3 is 10.2 Å². The van der Waals surface area contributed by atoms with Gasteiger partial charge in [-0.15, -0.1) is 0 Å². The fraction of sp³-hybridized carbons (Fsp3) is 0.812. The van der Waals surface area contributed by atoms with Crippen molar-refractivity contribution >= 4 is 5.78 Å². The van der Waals surface area contributed by atoms with Crippen LogP contribution in [0.3, 0.4) is 0 Å². The Morgan fingerprint density at radius 3 is 3.05 bits per heavy atom. The minimum atomic E-state index is -0.946. The first-order valence-electron chi connectivity index (χ1n) is 7.86. The number of rotatable bonds is 0. The topological polar surface area (TPSA) is 60.8 Å². The van der Waals surface area contributed by atoms with E-state index in [0.29, 0.717) is 12.8 Å². The van der Waals surface area contributed by atoms with Crippen molar-refractivity contribution in [1.29, 1.82) is 0 Å². The second-order valence-electron chi connectivity index (χ2n) is 7.24. The Kier molecular flexibility index (Phi) is 2.55. The Morgan fingerprint density at radius 2 is 2.25 bits per heavy atom. The first-order valence-corrected chi connectivity index (χ1v) is 7.86. The van der Waals surface area contributed by atoms with Crippen LogP contribution < -0.4 is 0 Å². The van der Waals surface area contributed by atoms with E-state index in [4.69, 9.17) is 0 Å². The third-order valence-corrected chi connectivity index (χ3v) is 6.46. The van der Waals surface area contributed by atoms with Gasteiger partial charge in [0.25, 0.3) is 0 Å². The van der Waals surface area contributed by atoms with E-state index in [9.17, 15) is 15.0 Å². The number of hydrogen-bond acceptors (Lipinski definition) is 4. The molecule has 110 valence electrons. The van der Waals surface area contributed by atoms with Crippen LogP contribution in [0.4, 0.5) is 0 Å². The van der Waals surface area contributed by atoms with Gasteiger partial charge in [0, 0.05) is 36.8 Å². The van der Waals surface area contributed by atoms with Crippen LogP contribution in [0.2, 0.25) is 0 Å². The lowest BCUT2D eigenvalue weighted by molar-refractivity contribution is -0.249. The molecule has 4 nitrogen and oxygen atoms in total. The van der Waals surface area contributed by atoms with Gasteiger partial charge in [-0.3, -0.25) is 9.69 Å². The first kappa shape index (κ1) is 13.0. The number of hydrogen-bond donors (Lipinski definition) is 2. The molecule has 2 heterocycles. The van der Waals surface area contributed by atoms with Crippen LogP contribution >= 0.6 is 0 Å². The van der Waals surface area contributed by atoms with Gasteiger partial charge in [-0.1, -0.05) is 19.1 Å². The Balaban J connectivity index is 1.96. The maximum atomic E-state index is 12.5. The maximum absolute atomic E-state index is 12.5. The van der Waals surface area contributed by atoms with Gasteiger partial charge in [0.05, 0.1) is 6.10 Å². The Hall–Kier alpha value is -0.710. The van der Waals surface area contributed by atoms with E-state index in [1.54, 1.807) is 0 Å². The summed E-state index contributed by atoms with van der Waals surface area (Å²) in [7, 11) is 0. The van der Waals surface area contributed by atoms with Gasteiger partial charge in [-0.25, -0.2) is 0 Å². The van der Waals surface area contributed by atoms with Crippen LogP contribution in [0.5, 0.6) is 0 Å². The van der Waals surface area contributed by atoms with E-state index in [-0.39, 0.29) is 23.5 Å². The minimum Gasteiger partial charge on any atom is -0.393 e. The van der Waals surface area contributed by atoms with Gasteiger partial charge in [0.2, 0.25) is 0 Å².